The van der Waals surface area contributed by atoms with E-state index in [1.165, 1.54) is 11.8 Å². The van der Waals surface area contributed by atoms with E-state index in [-0.39, 0.29) is 41.6 Å². The SMILES string of the molecule is Cl.O=C(CSCC(=O)N1CCNCC1c1cccnc1)c1ccc(Cl)cc1. The summed E-state index contributed by atoms with van der Waals surface area (Å²) >= 11 is 7.19. The second-order valence-corrected chi connectivity index (χ2v) is 7.44. The maximum atomic E-state index is 12.7. The predicted molar refractivity (Wildman–Crippen MR) is 112 cm³/mol. The average Bonchev–Trinajstić information content (AvgIpc) is 2.69. The number of hydrogen-bond acceptors (Lipinski definition) is 5. The fraction of sp³-hybridized carbons (Fsp3) is 0.316. The van der Waals surface area contributed by atoms with Crippen molar-refractivity contribution >= 4 is 47.5 Å². The molecule has 1 fully saturated rings. The first-order chi connectivity index (χ1) is 12.6. The molecular formula is C19H21Cl2N3O2S. The van der Waals surface area contributed by atoms with E-state index in [1.54, 1.807) is 36.7 Å². The quantitative estimate of drug-likeness (QED) is 0.719. The highest BCUT2D eigenvalue weighted by atomic mass is 35.5. The van der Waals surface area contributed by atoms with E-state index in [9.17, 15) is 9.59 Å². The molecule has 0 aliphatic carbocycles. The van der Waals surface area contributed by atoms with Crippen molar-refractivity contribution in [3.05, 3.63) is 64.9 Å². The number of carbonyl (C=O) groups excluding carboxylic acids is 2. The van der Waals surface area contributed by atoms with Gasteiger partial charge in [0.1, 0.15) is 0 Å². The van der Waals surface area contributed by atoms with Crippen LogP contribution in [0.3, 0.4) is 0 Å². The Morgan fingerprint density at radius 3 is 2.70 bits per heavy atom. The van der Waals surface area contributed by atoms with Crippen LogP contribution < -0.4 is 5.32 Å². The summed E-state index contributed by atoms with van der Waals surface area (Å²) in [7, 11) is 0. The number of carbonyl (C=O) groups is 2. The highest BCUT2D eigenvalue weighted by molar-refractivity contribution is 8.00. The third-order valence-electron chi connectivity index (χ3n) is 4.26. The van der Waals surface area contributed by atoms with E-state index in [1.807, 2.05) is 17.0 Å². The molecule has 1 aromatic heterocycles. The number of amides is 1. The largest absolute Gasteiger partial charge is 0.332 e. The maximum Gasteiger partial charge on any atom is 0.233 e. The second kappa shape index (κ2) is 10.7. The Morgan fingerprint density at radius 1 is 1.22 bits per heavy atom. The van der Waals surface area contributed by atoms with E-state index in [2.05, 4.69) is 10.3 Å². The lowest BCUT2D eigenvalue weighted by atomic mass is 10.1. The fourth-order valence-corrected chi connectivity index (χ4v) is 3.83. The Morgan fingerprint density at radius 2 is 2.00 bits per heavy atom. The number of Topliss-reactive ketones (excluding diaryl/α,β-unsaturated/α-hetero) is 1. The standard InChI is InChI=1S/C19H20ClN3O2S.ClH/c20-16-5-3-14(4-6-16)18(24)12-26-13-19(25)23-9-8-22-11-17(23)15-2-1-7-21-10-15;/h1-7,10,17,22H,8-9,11-13H2;1H. The summed E-state index contributed by atoms with van der Waals surface area (Å²) in [5.41, 5.74) is 1.64. The molecule has 3 rings (SSSR count). The molecule has 8 heteroatoms. The minimum absolute atomic E-state index is 0. The van der Waals surface area contributed by atoms with Crippen molar-refractivity contribution in [1.29, 1.82) is 0 Å². The Bertz CT molecular complexity index is 759. The molecule has 144 valence electrons. The van der Waals surface area contributed by atoms with Gasteiger partial charge in [-0.15, -0.1) is 24.2 Å². The molecule has 0 radical (unpaired) electrons. The number of halogens is 2. The summed E-state index contributed by atoms with van der Waals surface area (Å²) < 4.78 is 0. The van der Waals surface area contributed by atoms with Crippen molar-refractivity contribution in [2.75, 3.05) is 31.1 Å². The van der Waals surface area contributed by atoms with Gasteiger partial charge in [0.15, 0.2) is 5.78 Å². The summed E-state index contributed by atoms with van der Waals surface area (Å²) in [6, 6.07) is 10.7. The predicted octanol–water partition coefficient (Wildman–Crippen LogP) is 3.25. The number of piperazine rings is 1. The molecule has 2 aromatic rings. The molecule has 1 unspecified atom stereocenters. The molecule has 1 atom stereocenters. The van der Waals surface area contributed by atoms with Gasteiger partial charge >= 0.3 is 0 Å². The van der Waals surface area contributed by atoms with Gasteiger partial charge in [0.2, 0.25) is 5.91 Å². The van der Waals surface area contributed by atoms with Crippen LogP contribution in [-0.4, -0.2) is 52.7 Å². The molecule has 27 heavy (non-hydrogen) atoms. The Labute approximate surface area is 174 Å². The van der Waals surface area contributed by atoms with Gasteiger partial charge in [-0.1, -0.05) is 17.7 Å². The molecular weight excluding hydrogens is 405 g/mol. The highest BCUT2D eigenvalue weighted by Crippen LogP contribution is 2.22. The Hall–Kier alpha value is -1.60. The van der Waals surface area contributed by atoms with Crippen LogP contribution in [-0.2, 0) is 4.79 Å². The number of benzene rings is 1. The van der Waals surface area contributed by atoms with Crippen molar-refractivity contribution in [2.45, 2.75) is 6.04 Å². The van der Waals surface area contributed by atoms with Crippen LogP contribution in [0.4, 0.5) is 0 Å². The van der Waals surface area contributed by atoms with Gasteiger partial charge in [-0.3, -0.25) is 14.6 Å². The molecule has 0 bridgehead atoms. The molecule has 0 spiro atoms. The zero-order valence-corrected chi connectivity index (χ0v) is 17.0. The van der Waals surface area contributed by atoms with Crippen molar-refractivity contribution in [3.8, 4) is 0 Å². The number of nitrogens with zero attached hydrogens (tertiary/aromatic N) is 2. The van der Waals surface area contributed by atoms with Crippen LogP contribution in [0, 0.1) is 0 Å². The lowest BCUT2D eigenvalue weighted by molar-refractivity contribution is -0.131. The topological polar surface area (TPSA) is 62.3 Å². The number of thioether (sulfide) groups is 1. The normalized spacial score (nSPS) is 16.5. The zero-order chi connectivity index (χ0) is 18.4. The third-order valence-corrected chi connectivity index (χ3v) is 5.43. The van der Waals surface area contributed by atoms with Crippen molar-refractivity contribution in [1.82, 2.24) is 15.2 Å². The van der Waals surface area contributed by atoms with Crippen molar-refractivity contribution < 1.29 is 9.59 Å². The second-order valence-electron chi connectivity index (χ2n) is 6.02. The van der Waals surface area contributed by atoms with Crippen LogP contribution in [0.15, 0.2) is 48.8 Å². The zero-order valence-electron chi connectivity index (χ0n) is 14.6. The number of hydrogen-bond donors (Lipinski definition) is 1. The fourth-order valence-electron chi connectivity index (χ4n) is 2.91. The summed E-state index contributed by atoms with van der Waals surface area (Å²) in [6.45, 7) is 2.15. The van der Waals surface area contributed by atoms with E-state index in [0.717, 1.165) is 12.1 Å². The highest BCUT2D eigenvalue weighted by Gasteiger charge is 2.27. The third kappa shape index (κ3) is 5.94. The molecule has 1 saturated heterocycles. The first kappa shape index (κ1) is 21.7. The Balaban J connectivity index is 0.00000261. The lowest BCUT2D eigenvalue weighted by Gasteiger charge is -2.36. The summed E-state index contributed by atoms with van der Waals surface area (Å²) in [6.07, 6.45) is 3.53. The summed E-state index contributed by atoms with van der Waals surface area (Å²) in [5.74, 6) is 0.616. The van der Waals surface area contributed by atoms with Gasteiger partial charge in [0.05, 0.1) is 17.5 Å². The number of pyridine rings is 1. The van der Waals surface area contributed by atoms with Crippen molar-refractivity contribution in [3.63, 3.8) is 0 Å². The van der Waals surface area contributed by atoms with E-state index < -0.39 is 0 Å². The molecule has 1 N–H and O–H groups in total. The lowest BCUT2D eigenvalue weighted by Crippen LogP contribution is -2.49. The monoisotopic (exact) mass is 425 g/mol. The van der Waals surface area contributed by atoms with Gasteiger partial charge in [-0.2, -0.15) is 0 Å². The number of ketones is 1. The van der Waals surface area contributed by atoms with Gasteiger partial charge < -0.3 is 10.2 Å². The van der Waals surface area contributed by atoms with Gasteiger partial charge in [-0.25, -0.2) is 0 Å². The van der Waals surface area contributed by atoms with Crippen LogP contribution in [0.25, 0.3) is 0 Å². The number of rotatable bonds is 6. The van der Waals surface area contributed by atoms with E-state index in [0.29, 0.717) is 23.7 Å². The summed E-state index contributed by atoms with van der Waals surface area (Å²) in [5, 5.41) is 3.93. The maximum absolute atomic E-state index is 12.7. The van der Waals surface area contributed by atoms with E-state index >= 15 is 0 Å². The van der Waals surface area contributed by atoms with Gasteiger partial charge in [0.25, 0.3) is 0 Å². The molecule has 1 amide bonds. The average molecular weight is 426 g/mol. The minimum atomic E-state index is -0.0162. The number of aromatic nitrogens is 1. The minimum Gasteiger partial charge on any atom is -0.332 e. The van der Waals surface area contributed by atoms with Crippen LogP contribution in [0.1, 0.15) is 22.0 Å². The van der Waals surface area contributed by atoms with Crippen LogP contribution in [0.2, 0.25) is 5.02 Å². The van der Waals surface area contributed by atoms with Crippen molar-refractivity contribution in [2.24, 2.45) is 0 Å². The molecule has 1 aliphatic heterocycles. The van der Waals surface area contributed by atoms with Crippen LogP contribution >= 0.6 is 35.8 Å². The smallest absolute Gasteiger partial charge is 0.233 e. The molecule has 2 heterocycles. The Kier molecular flexibility index (Phi) is 8.57. The molecule has 0 saturated carbocycles. The molecule has 1 aliphatic rings. The van der Waals surface area contributed by atoms with Gasteiger partial charge in [0, 0.05) is 42.6 Å². The van der Waals surface area contributed by atoms with Crippen LogP contribution in [0.5, 0.6) is 0 Å². The van der Waals surface area contributed by atoms with E-state index in [4.69, 9.17) is 11.6 Å². The first-order valence-corrected chi connectivity index (χ1v) is 9.95. The summed E-state index contributed by atoms with van der Waals surface area (Å²) in [4.78, 5) is 30.9. The molecule has 5 nitrogen and oxygen atoms in total. The first-order valence-electron chi connectivity index (χ1n) is 8.42. The molecule has 1 aromatic carbocycles. The number of nitrogens with one attached hydrogen (secondary N) is 1. The van der Waals surface area contributed by atoms with Gasteiger partial charge in [-0.05, 0) is 35.9 Å².